The number of hydrogen-bond acceptors (Lipinski definition) is 2. The van der Waals surface area contributed by atoms with E-state index in [1.807, 2.05) is 0 Å². The zero-order valence-corrected chi connectivity index (χ0v) is 9.30. The van der Waals surface area contributed by atoms with Gasteiger partial charge in [0, 0.05) is 24.2 Å². The van der Waals surface area contributed by atoms with Gasteiger partial charge < -0.3 is 5.73 Å². The first-order chi connectivity index (χ1) is 5.82. The van der Waals surface area contributed by atoms with Crippen LogP contribution in [-0.4, -0.2) is 29.1 Å². The lowest BCUT2D eigenvalue weighted by atomic mass is 9.57. The molecule has 2 atom stereocenters. The molecule has 3 rings (SSSR count). The molecule has 2 heterocycles. The summed E-state index contributed by atoms with van der Waals surface area (Å²) in [5.74, 6) is 1.48. The van der Waals surface area contributed by atoms with Crippen molar-refractivity contribution >= 4 is 0 Å². The third kappa shape index (κ3) is 1.59. The molecule has 2 nitrogen and oxygen atoms in total. The monoisotopic (exact) mass is 198 g/mol. The minimum atomic E-state index is 0. The first-order valence-corrected chi connectivity index (χ1v) is 5.36. The van der Waals surface area contributed by atoms with Crippen LogP contribution >= 0.6 is 0 Å². The van der Waals surface area contributed by atoms with E-state index < -0.39 is 0 Å². The van der Waals surface area contributed by atoms with Crippen LogP contribution in [0.25, 0.3) is 0 Å². The Kier molecular flexibility index (Phi) is 2.75. The molecule has 1 aliphatic carbocycles. The van der Waals surface area contributed by atoms with E-state index in [1.165, 1.54) is 19.5 Å². The van der Waals surface area contributed by atoms with E-state index in [1.54, 1.807) is 0 Å². The van der Waals surface area contributed by atoms with Crippen molar-refractivity contribution in [3.05, 3.63) is 0 Å². The van der Waals surface area contributed by atoms with Crippen molar-refractivity contribution in [3.8, 4) is 0 Å². The molecule has 0 aromatic rings. The average Bonchev–Trinajstić information content (AvgIpc) is 2.03. The largest absolute Gasteiger partial charge is 0.325 e. The highest BCUT2D eigenvalue weighted by atomic mass is 15.2. The molecule has 3 fully saturated rings. The number of fused-ring (bicyclic) bond motifs is 2. The predicted molar refractivity (Wildman–Crippen MR) is 62.2 cm³/mol. The van der Waals surface area contributed by atoms with Gasteiger partial charge >= 0.3 is 0 Å². The van der Waals surface area contributed by atoms with Crippen molar-refractivity contribution in [1.82, 2.24) is 4.90 Å². The normalized spacial score (nSPS) is 42.6. The lowest BCUT2D eigenvalue weighted by Gasteiger charge is -2.61. The molecule has 2 saturated heterocycles. The highest BCUT2D eigenvalue weighted by Gasteiger charge is 2.54. The van der Waals surface area contributed by atoms with E-state index in [2.05, 4.69) is 32.6 Å². The Morgan fingerprint density at radius 2 is 1.64 bits per heavy atom. The van der Waals surface area contributed by atoms with E-state index >= 15 is 0 Å². The number of hydrogen-bond donors (Lipinski definition) is 1. The maximum absolute atomic E-state index is 6.25. The van der Waals surface area contributed by atoms with E-state index in [9.17, 15) is 0 Å². The molecule has 0 spiro atoms. The van der Waals surface area contributed by atoms with Crippen LogP contribution in [-0.2, 0) is 0 Å². The summed E-state index contributed by atoms with van der Waals surface area (Å²) < 4.78 is 0. The predicted octanol–water partition coefficient (Wildman–Crippen LogP) is 2.09. The minimum Gasteiger partial charge on any atom is -0.325 e. The van der Waals surface area contributed by atoms with E-state index in [-0.39, 0.29) is 13.0 Å². The molecule has 2 aliphatic heterocycles. The van der Waals surface area contributed by atoms with Gasteiger partial charge in [0.05, 0.1) is 0 Å². The van der Waals surface area contributed by atoms with Gasteiger partial charge in [0.25, 0.3) is 0 Å². The Morgan fingerprint density at radius 3 is 1.93 bits per heavy atom. The molecular formula is C12H26N2. The summed E-state index contributed by atoms with van der Waals surface area (Å²) in [6.45, 7) is 11.5. The summed E-state index contributed by atoms with van der Waals surface area (Å²) in [5, 5.41) is 0. The first-order valence-electron chi connectivity index (χ1n) is 5.36. The molecule has 3 aliphatic rings. The zero-order chi connectivity index (χ0) is 9.85. The lowest BCUT2D eigenvalue weighted by Crippen LogP contribution is -2.71. The van der Waals surface area contributed by atoms with Crippen LogP contribution in [0, 0.1) is 11.8 Å². The maximum Gasteiger partial charge on any atom is 0.0207 e. The fourth-order valence-electron chi connectivity index (χ4n) is 2.72. The standard InChI is InChI=1S/C11H22N2.CH4/c1-10(2,3)13-6-8-5-9(7-13)11(8,4)12;/h8-9H,5-7,12H2,1-4H3;1H4. The molecule has 2 unspecified atom stereocenters. The van der Waals surface area contributed by atoms with Gasteiger partial charge in [-0.3, -0.25) is 4.90 Å². The summed E-state index contributed by atoms with van der Waals surface area (Å²) in [6, 6.07) is 0. The first kappa shape index (κ1) is 12.0. The Hall–Kier alpha value is -0.0800. The summed E-state index contributed by atoms with van der Waals surface area (Å²) >= 11 is 0. The molecule has 0 radical (unpaired) electrons. The Bertz CT molecular complexity index is 201. The second-order valence-electron chi connectivity index (χ2n) is 6.07. The second kappa shape index (κ2) is 3.21. The minimum absolute atomic E-state index is 0. The second-order valence-corrected chi connectivity index (χ2v) is 6.07. The van der Waals surface area contributed by atoms with Crippen molar-refractivity contribution < 1.29 is 0 Å². The van der Waals surface area contributed by atoms with Gasteiger partial charge in [-0.2, -0.15) is 0 Å². The van der Waals surface area contributed by atoms with Gasteiger partial charge in [-0.05, 0) is 46.0 Å². The van der Waals surface area contributed by atoms with E-state index in [0.717, 1.165) is 11.8 Å². The number of piperidine rings is 2. The van der Waals surface area contributed by atoms with Crippen LogP contribution in [0.15, 0.2) is 0 Å². The summed E-state index contributed by atoms with van der Waals surface area (Å²) in [7, 11) is 0. The maximum atomic E-state index is 6.25. The van der Waals surface area contributed by atoms with Crippen LogP contribution in [0.4, 0.5) is 0 Å². The fourth-order valence-corrected chi connectivity index (χ4v) is 2.72. The topological polar surface area (TPSA) is 29.3 Å². The van der Waals surface area contributed by atoms with E-state index in [4.69, 9.17) is 5.73 Å². The smallest absolute Gasteiger partial charge is 0.0207 e. The third-order valence-electron chi connectivity index (χ3n) is 4.16. The molecule has 0 aromatic heterocycles. The van der Waals surface area contributed by atoms with Crippen LogP contribution in [0.1, 0.15) is 41.5 Å². The van der Waals surface area contributed by atoms with Crippen LogP contribution < -0.4 is 5.73 Å². The van der Waals surface area contributed by atoms with Crippen LogP contribution in [0.5, 0.6) is 0 Å². The van der Waals surface area contributed by atoms with Crippen molar-refractivity contribution in [2.24, 2.45) is 17.6 Å². The fraction of sp³-hybridized carbons (Fsp3) is 1.00. The van der Waals surface area contributed by atoms with Crippen molar-refractivity contribution in [1.29, 1.82) is 0 Å². The number of nitrogens with zero attached hydrogens (tertiary/aromatic N) is 1. The van der Waals surface area contributed by atoms with Gasteiger partial charge in [-0.25, -0.2) is 0 Å². The Morgan fingerprint density at radius 1 is 1.21 bits per heavy atom. The highest BCUT2D eigenvalue weighted by Crippen LogP contribution is 2.48. The molecular weight excluding hydrogens is 172 g/mol. The number of nitrogens with two attached hydrogens (primary N) is 1. The van der Waals surface area contributed by atoms with E-state index in [0.29, 0.717) is 5.54 Å². The molecule has 0 aromatic carbocycles. The van der Waals surface area contributed by atoms with Crippen molar-refractivity contribution in [2.45, 2.75) is 52.6 Å². The lowest BCUT2D eigenvalue weighted by molar-refractivity contribution is -0.0859. The summed E-state index contributed by atoms with van der Waals surface area (Å²) in [5.41, 5.74) is 6.72. The van der Waals surface area contributed by atoms with Gasteiger partial charge in [0.1, 0.15) is 0 Å². The van der Waals surface area contributed by atoms with Crippen molar-refractivity contribution in [3.63, 3.8) is 0 Å². The van der Waals surface area contributed by atoms with Gasteiger partial charge in [-0.1, -0.05) is 7.43 Å². The summed E-state index contributed by atoms with van der Waals surface area (Å²) in [4.78, 5) is 2.58. The molecule has 2 heteroatoms. The molecule has 84 valence electrons. The van der Waals surface area contributed by atoms with Crippen LogP contribution in [0.2, 0.25) is 0 Å². The van der Waals surface area contributed by atoms with Crippen LogP contribution in [0.3, 0.4) is 0 Å². The molecule has 1 saturated carbocycles. The SMILES string of the molecule is C.CC1(N)C2CC1CN(C(C)(C)C)C2. The van der Waals surface area contributed by atoms with Gasteiger partial charge in [-0.15, -0.1) is 0 Å². The molecule has 0 amide bonds. The zero-order valence-electron chi connectivity index (χ0n) is 9.30. The Labute approximate surface area is 88.8 Å². The quantitative estimate of drug-likeness (QED) is 0.646. The highest BCUT2D eigenvalue weighted by molar-refractivity contribution is 5.10. The average molecular weight is 198 g/mol. The number of rotatable bonds is 0. The summed E-state index contributed by atoms with van der Waals surface area (Å²) in [6.07, 6.45) is 1.36. The molecule has 2 N–H and O–H groups in total. The van der Waals surface area contributed by atoms with Gasteiger partial charge in [0.2, 0.25) is 0 Å². The third-order valence-corrected chi connectivity index (χ3v) is 4.16. The van der Waals surface area contributed by atoms with Crippen molar-refractivity contribution in [2.75, 3.05) is 13.1 Å². The Balaban J connectivity index is 0.000000980. The molecule has 14 heavy (non-hydrogen) atoms. The molecule has 2 bridgehead atoms. The van der Waals surface area contributed by atoms with Gasteiger partial charge in [0.15, 0.2) is 0 Å².